The molecule has 3 N–H and O–H groups in total. The molecule has 2 aliphatic carbocycles. The molecular weight excluding hydrogens is 462 g/mol. The van der Waals surface area contributed by atoms with Crippen molar-refractivity contribution in [2.75, 3.05) is 18.5 Å². The van der Waals surface area contributed by atoms with Crippen LogP contribution >= 0.6 is 0 Å². The summed E-state index contributed by atoms with van der Waals surface area (Å²) in [7, 11) is 1.91. The number of ether oxygens (including phenoxy) is 3. The number of aromatic amines is 1. The summed E-state index contributed by atoms with van der Waals surface area (Å²) in [6, 6.07) is 3.98. The zero-order chi connectivity index (χ0) is 24.7. The molecule has 36 heavy (non-hydrogen) atoms. The van der Waals surface area contributed by atoms with Crippen LogP contribution < -0.4 is 10.6 Å². The Morgan fingerprint density at radius 2 is 2.19 bits per heavy atom. The van der Waals surface area contributed by atoms with Crippen LogP contribution in [0.4, 0.5) is 16.4 Å². The fourth-order valence-electron chi connectivity index (χ4n) is 5.14. The van der Waals surface area contributed by atoms with Gasteiger partial charge in [-0.2, -0.15) is 10.2 Å². The standard InChI is InChI=1S/C25H33N7O4/c1-25(7-8-25)28-24(33)36-16-4-3-15(11-16)19-12-21(30-29-19)27-23-22-18(5-9-26-23)20(31-32(22)2)14-35-17-6-10-34-13-17/h5,9,12,15-17H,3-4,6-8,10-11,13-14H2,1-2H3,(H,28,33)(H2,26,27,29,30). The maximum atomic E-state index is 12.2. The van der Waals surface area contributed by atoms with Gasteiger partial charge in [0.15, 0.2) is 11.6 Å². The third kappa shape index (κ3) is 4.90. The van der Waals surface area contributed by atoms with E-state index in [1.807, 2.05) is 30.8 Å². The average Bonchev–Trinajstić information content (AvgIpc) is 3.40. The van der Waals surface area contributed by atoms with E-state index >= 15 is 0 Å². The number of anilines is 2. The Bertz CT molecular complexity index is 1240. The van der Waals surface area contributed by atoms with Crippen molar-refractivity contribution in [3.63, 3.8) is 0 Å². The second kappa shape index (κ2) is 9.36. The zero-order valence-electron chi connectivity index (χ0n) is 20.7. The number of fused-ring (bicyclic) bond motifs is 1. The smallest absolute Gasteiger partial charge is 0.407 e. The molecule has 11 heteroatoms. The SMILES string of the molecule is Cn1nc(COC2CCOC2)c2ccnc(Nc3cc(C4CCC(OC(=O)NC5(C)CC5)C4)[nH]n3)c21. The first kappa shape index (κ1) is 23.2. The molecule has 0 bridgehead atoms. The number of nitrogens with zero attached hydrogens (tertiary/aromatic N) is 4. The number of hydrogen-bond acceptors (Lipinski definition) is 8. The maximum absolute atomic E-state index is 12.2. The van der Waals surface area contributed by atoms with Crippen LogP contribution in [-0.4, -0.2) is 62.0 Å². The molecule has 0 spiro atoms. The van der Waals surface area contributed by atoms with Crippen LogP contribution in [0.1, 0.15) is 62.8 Å². The van der Waals surface area contributed by atoms with Crippen molar-refractivity contribution in [3.8, 4) is 0 Å². The first-order valence-electron chi connectivity index (χ1n) is 12.8. The lowest BCUT2D eigenvalue weighted by Crippen LogP contribution is -2.36. The minimum absolute atomic E-state index is 0.0670. The van der Waals surface area contributed by atoms with Crippen molar-refractivity contribution < 1.29 is 19.0 Å². The monoisotopic (exact) mass is 495 g/mol. The van der Waals surface area contributed by atoms with Crippen molar-refractivity contribution in [1.29, 1.82) is 0 Å². The van der Waals surface area contributed by atoms with Crippen LogP contribution in [0.5, 0.6) is 0 Å². The Balaban J connectivity index is 1.10. The number of hydrogen-bond donors (Lipinski definition) is 3. The van der Waals surface area contributed by atoms with Gasteiger partial charge in [-0.05, 0) is 51.5 Å². The molecular formula is C25H33N7O4. The molecule has 3 unspecified atom stereocenters. The Morgan fingerprint density at radius 3 is 3.00 bits per heavy atom. The third-order valence-corrected chi connectivity index (χ3v) is 7.52. The number of carbonyl (C=O) groups excluding carboxylic acids is 1. The van der Waals surface area contributed by atoms with Crippen LogP contribution in [0.15, 0.2) is 18.3 Å². The van der Waals surface area contributed by atoms with Crippen LogP contribution in [0.3, 0.4) is 0 Å². The normalized spacial score (nSPS) is 24.8. The lowest BCUT2D eigenvalue weighted by atomic mass is 10.0. The van der Waals surface area contributed by atoms with Gasteiger partial charge in [0, 0.05) is 48.5 Å². The molecule has 0 aromatic carbocycles. The summed E-state index contributed by atoms with van der Waals surface area (Å²) in [6.45, 7) is 3.87. The molecule has 1 saturated heterocycles. The highest BCUT2D eigenvalue weighted by atomic mass is 16.6. The van der Waals surface area contributed by atoms with Gasteiger partial charge in [0.2, 0.25) is 0 Å². The highest BCUT2D eigenvalue weighted by Gasteiger charge is 2.40. The Morgan fingerprint density at radius 1 is 1.31 bits per heavy atom. The summed E-state index contributed by atoms with van der Waals surface area (Å²) in [4.78, 5) is 16.7. The van der Waals surface area contributed by atoms with Gasteiger partial charge < -0.3 is 24.8 Å². The van der Waals surface area contributed by atoms with Crippen molar-refractivity contribution >= 4 is 28.6 Å². The number of rotatable bonds is 8. The van der Waals surface area contributed by atoms with Gasteiger partial charge in [0.05, 0.1) is 25.0 Å². The highest BCUT2D eigenvalue weighted by molar-refractivity contribution is 5.91. The molecule has 3 atom stereocenters. The molecule has 4 heterocycles. The fourth-order valence-corrected chi connectivity index (χ4v) is 5.14. The lowest BCUT2D eigenvalue weighted by molar-refractivity contribution is 0.0304. The van der Waals surface area contributed by atoms with Crippen molar-refractivity contribution in [2.45, 2.75) is 75.7 Å². The van der Waals surface area contributed by atoms with Gasteiger partial charge in [-0.15, -0.1) is 0 Å². The van der Waals surface area contributed by atoms with Crippen LogP contribution in [0.2, 0.25) is 0 Å². The van der Waals surface area contributed by atoms with Crippen molar-refractivity contribution in [2.24, 2.45) is 7.05 Å². The Labute approximate surface area is 209 Å². The van der Waals surface area contributed by atoms with Gasteiger partial charge in [-0.1, -0.05) is 0 Å². The van der Waals surface area contributed by atoms with Crippen molar-refractivity contribution in [1.82, 2.24) is 30.3 Å². The quantitative estimate of drug-likeness (QED) is 0.432. The van der Waals surface area contributed by atoms with Crippen LogP contribution in [0.25, 0.3) is 10.9 Å². The van der Waals surface area contributed by atoms with Gasteiger partial charge in [0.25, 0.3) is 0 Å². The van der Waals surface area contributed by atoms with E-state index in [0.29, 0.717) is 24.8 Å². The molecule has 192 valence electrons. The van der Waals surface area contributed by atoms with Gasteiger partial charge in [0.1, 0.15) is 11.6 Å². The summed E-state index contributed by atoms with van der Waals surface area (Å²) in [5.74, 6) is 1.65. The number of carbonyl (C=O) groups is 1. The van der Waals surface area contributed by atoms with E-state index in [9.17, 15) is 4.79 Å². The van der Waals surface area contributed by atoms with Gasteiger partial charge in [-0.25, -0.2) is 9.78 Å². The van der Waals surface area contributed by atoms with E-state index in [1.54, 1.807) is 6.20 Å². The number of aryl methyl sites for hydroxylation is 1. The van der Waals surface area contributed by atoms with E-state index in [4.69, 9.17) is 14.2 Å². The molecule has 0 radical (unpaired) electrons. The van der Waals surface area contributed by atoms with Gasteiger partial charge >= 0.3 is 6.09 Å². The molecule has 3 fully saturated rings. The second-order valence-corrected chi connectivity index (χ2v) is 10.5. The molecule has 3 aromatic heterocycles. The minimum Gasteiger partial charge on any atom is -0.446 e. The Hall–Kier alpha value is -3.18. The predicted octanol–water partition coefficient (Wildman–Crippen LogP) is 3.66. The number of amides is 1. The predicted molar refractivity (Wildman–Crippen MR) is 132 cm³/mol. The molecule has 1 amide bonds. The summed E-state index contributed by atoms with van der Waals surface area (Å²) >= 11 is 0. The summed E-state index contributed by atoms with van der Waals surface area (Å²) < 4.78 is 18.9. The second-order valence-electron chi connectivity index (χ2n) is 10.5. The molecule has 11 nitrogen and oxygen atoms in total. The number of nitrogens with one attached hydrogen (secondary N) is 3. The fraction of sp³-hybridized carbons (Fsp3) is 0.600. The number of pyridine rings is 1. The van der Waals surface area contributed by atoms with E-state index in [1.165, 1.54) is 0 Å². The largest absolute Gasteiger partial charge is 0.446 e. The molecule has 2 saturated carbocycles. The summed E-state index contributed by atoms with van der Waals surface area (Å²) in [6.07, 6.45) is 7.07. The van der Waals surface area contributed by atoms with E-state index in [0.717, 1.165) is 67.4 Å². The van der Waals surface area contributed by atoms with E-state index in [-0.39, 0.29) is 29.8 Å². The first-order chi connectivity index (χ1) is 17.5. The van der Waals surface area contributed by atoms with E-state index < -0.39 is 0 Å². The molecule has 6 rings (SSSR count). The summed E-state index contributed by atoms with van der Waals surface area (Å²) in [5, 5.41) is 19.6. The number of H-pyrrole nitrogens is 1. The molecule has 3 aliphatic rings. The van der Waals surface area contributed by atoms with Crippen LogP contribution in [0, 0.1) is 0 Å². The van der Waals surface area contributed by atoms with E-state index in [2.05, 4.69) is 30.9 Å². The van der Waals surface area contributed by atoms with Crippen LogP contribution in [-0.2, 0) is 27.9 Å². The molecule has 1 aliphatic heterocycles. The number of aromatic nitrogens is 5. The average molecular weight is 496 g/mol. The zero-order valence-corrected chi connectivity index (χ0v) is 20.7. The number of alkyl carbamates (subject to hydrolysis) is 1. The van der Waals surface area contributed by atoms with Crippen molar-refractivity contribution in [3.05, 3.63) is 29.7 Å². The Kier molecular flexibility index (Phi) is 6.04. The lowest BCUT2D eigenvalue weighted by Gasteiger charge is -2.16. The topological polar surface area (TPSA) is 128 Å². The minimum atomic E-state index is -0.302. The highest BCUT2D eigenvalue weighted by Crippen LogP contribution is 2.38. The summed E-state index contributed by atoms with van der Waals surface area (Å²) in [5.41, 5.74) is 2.74. The van der Waals surface area contributed by atoms with Gasteiger partial charge in [-0.3, -0.25) is 9.78 Å². The third-order valence-electron chi connectivity index (χ3n) is 7.52. The maximum Gasteiger partial charge on any atom is 0.407 e. The first-order valence-corrected chi connectivity index (χ1v) is 12.8. The molecule has 3 aromatic rings.